The summed E-state index contributed by atoms with van der Waals surface area (Å²) < 4.78 is 65.9. The smallest absolute Gasteiger partial charge is 0.240 e. The summed E-state index contributed by atoms with van der Waals surface area (Å²) in [7, 11) is -7.23. The van der Waals surface area contributed by atoms with Crippen LogP contribution < -0.4 is 19.2 Å². The second-order valence-corrected chi connectivity index (χ2v) is 19.0. The van der Waals surface area contributed by atoms with E-state index in [0.717, 1.165) is 54.7 Å². The molecule has 6 atom stereocenters. The Hall–Kier alpha value is -1.95. The zero-order valence-corrected chi connectivity index (χ0v) is 69.6. The van der Waals surface area contributed by atoms with E-state index in [1.807, 2.05) is 215 Å². The quantitative estimate of drug-likeness (QED) is 0.124. The molecule has 4 aliphatic heterocycles. The number of nitrogens with zero attached hydrogens (tertiary/aromatic N) is 2. The Bertz CT molecular complexity index is 2420. The van der Waals surface area contributed by atoms with E-state index in [1.54, 1.807) is 18.2 Å². The fourth-order valence-electron chi connectivity index (χ4n) is 8.71. The van der Waals surface area contributed by atoms with Gasteiger partial charge in [0.05, 0.1) is 74.0 Å². The number of aliphatic hydroxyl groups excluding tert-OH is 2. The third-order valence-electron chi connectivity index (χ3n) is 11.5. The number of hydrogen-bond acceptors (Lipinski definition) is 10. The number of aryl methyl sites for hydroxylation is 4. The van der Waals surface area contributed by atoms with Crippen molar-refractivity contribution in [3.8, 4) is 0 Å². The minimum atomic E-state index is -3.78. The number of para-hydroxylation sites is 4. The molecule has 0 aliphatic carbocycles. The van der Waals surface area contributed by atoms with Crippen LogP contribution in [0.15, 0.2) is 132 Å². The third-order valence-corrected chi connectivity index (χ3v) is 13.7. The Balaban J connectivity index is -0.000000124. The molecule has 5 aromatic carbocycles. The molecule has 0 amide bonds. The molecule has 12 nitrogen and oxygen atoms in total. The van der Waals surface area contributed by atoms with Gasteiger partial charge in [0.15, 0.2) is 0 Å². The van der Waals surface area contributed by atoms with Gasteiger partial charge in [-0.05, 0) is 84.3 Å². The molecular weight excluding hydrogens is 1600 g/mol. The number of benzene rings is 5. The van der Waals surface area contributed by atoms with E-state index >= 15 is 0 Å². The van der Waals surface area contributed by atoms with Gasteiger partial charge in [0.2, 0.25) is 20.0 Å². The third kappa shape index (κ3) is 32.9. The summed E-state index contributed by atoms with van der Waals surface area (Å²) >= 11 is 0. The molecule has 6 unspecified atom stereocenters. The van der Waals surface area contributed by atoms with Crippen molar-refractivity contribution in [1.82, 2.24) is 9.44 Å². The zero-order chi connectivity index (χ0) is 65.1. The predicted molar refractivity (Wildman–Crippen MR) is 369 cm³/mol. The first-order valence-corrected chi connectivity index (χ1v) is 35.3. The number of rotatable bonds is 7. The van der Waals surface area contributed by atoms with E-state index in [-0.39, 0.29) is 102 Å². The number of aliphatic hydroxyl groups is 2. The summed E-state index contributed by atoms with van der Waals surface area (Å²) in [5.74, 6) is 0. The summed E-state index contributed by atoms with van der Waals surface area (Å²) in [4.78, 5) is 4.42. The van der Waals surface area contributed by atoms with E-state index in [0.29, 0.717) is 13.2 Å². The van der Waals surface area contributed by atoms with Crippen LogP contribution in [0, 0.1) is 62.2 Å². The average Bonchev–Trinajstić information content (AvgIpc) is 4.05. The van der Waals surface area contributed by atoms with Crippen LogP contribution in [0.5, 0.6) is 0 Å². The van der Waals surface area contributed by atoms with Gasteiger partial charge in [0.1, 0.15) is 0 Å². The first-order valence-electron chi connectivity index (χ1n) is 31.9. The van der Waals surface area contributed by atoms with Crippen LogP contribution in [0.3, 0.4) is 0 Å². The number of fused-ring (bicyclic) bond motifs is 4. The molecular formula is C69H126N4O8S2U2V. The predicted octanol–water partition coefficient (Wildman–Crippen LogP) is 17.4. The molecule has 0 aromatic heterocycles. The molecule has 4 N–H and O–H groups in total. The Labute approximate surface area is 592 Å². The fourth-order valence-corrected chi connectivity index (χ4v) is 10.7. The largest absolute Gasteiger partial charge is 0.389 e. The summed E-state index contributed by atoms with van der Waals surface area (Å²) in [5, 5.41) is 22.4. The normalized spacial score (nSPS) is 17.4. The second kappa shape index (κ2) is 63.2. The van der Waals surface area contributed by atoms with E-state index in [1.165, 1.54) is 34.4 Å². The van der Waals surface area contributed by atoms with Crippen molar-refractivity contribution in [2.45, 2.75) is 233 Å². The van der Waals surface area contributed by atoms with Crippen molar-refractivity contribution in [2.75, 3.05) is 42.5 Å². The fraction of sp³-hybridized carbons (Fsp3) is 0.565. The van der Waals surface area contributed by atoms with Gasteiger partial charge in [-0.15, -0.1) is 0 Å². The summed E-state index contributed by atoms with van der Waals surface area (Å²) in [5.41, 5.74) is 8.93. The number of sulfonamides is 2. The maximum atomic E-state index is 12.9. The topological polar surface area (TPSA) is 158 Å². The Morgan fingerprint density at radius 2 is 0.616 bits per heavy atom. The zero-order valence-electron chi connectivity index (χ0n) is 58.2. The summed E-state index contributed by atoms with van der Waals surface area (Å²) in [6.45, 7) is 48.9. The molecule has 17 heteroatoms. The molecule has 4 aliphatic rings. The van der Waals surface area contributed by atoms with Gasteiger partial charge < -0.3 is 29.5 Å². The first kappa shape index (κ1) is 100. The molecule has 0 spiro atoms. The van der Waals surface area contributed by atoms with Gasteiger partial charge in [0.25, 0.3) is 0 Å². The molecule has 0 bridgehead atoms. The standard InChI is InChI=1S/C25H26N2O4S.C20H24N2O4S.12C2H6.2U.V.2H2/c28-25-21(26-32(29,30)20-10-2-1-3-11-20)16-31-17-24(25)27-22-12-6-4-8-18(22)14-15-19-9-5-7-13-23(19)27;1-27(24,25)21-16-12-26-13-19(20(16)23)22-17-8-4-2-6-14(17)10-11-15-7-3-5-9-18(15)22;12*1-2;;;;;/h1-13,21,24-26,28H,14-17H2;2-9,16,19-21,23H,10-13H2,1H3;12*1-2H3;;;;2*1H/i;;;;;;;;;;;;;;;;;2*1+2. The van der Waals surface area contributed by atoms with Gasteiger partial charge in [-0.25, -0.2) is 26.3 Å². The number of ether oxygens (including phenoxy) is 2. The number of anilines is 4. The van der Waals surface area contributed by atoms with Gasteiger partial charge >= 0.3 is 0 Å². The van der Waals surface area contributed by atoms with Crippen molar-refractivity contribution in [2.24, 2.45) is 0 Å². The second-order valence-electron chi connectivity index (χ2n) is 15.5. The Morgan fingerprint density at radius 3 is 0.872 bits per heavy atom. The molecule has 1 radical (unpaired) electrons. The van der Waals surface area contributed by atoms with Crippen molar-refractivity contribution in [3.63, 3.8) is 0 Å². The maximum absolute atomic E-state index is 12.9. The maximum Gasteiger partial charge on any atom is 0.240 e. The molecule has 2 saturated heterocycles. The monoisotopic (exact) mass is 1730 g/mol. The van der Waals surface area contributed by atoms with Crippen LogP contribution in [0.4, 0.5) is 22.7 Å². The molecule has 0 saturated carbocycles. The molecule has 2 fully saturated rings. The summed E-state index contributed by atoms with van der Waals surface area (Å²) in [6, 6.07) is 38.6. The van der Waals surface area contributed by atoms with E-state index in [9.17, 15) is 27.0 Å². The van der Waals surface area contributed by atoms with Crippen LogP contribution in [0.25, 0.3) is 0 Å². The van der Waals surface area contributed by atoms with Crippen LogP contribution in [0.1, 0.15) is 191 Å². The van der Waals surface area contributed by atoms with Crippen LogP contribution >= 0.6 is 0 Å². The SMILES string of the molecule is CC.CC.CC.CC.CC.CC.CC.CC.CC.CC.CC.CC.CS(=O)(=O)NC1COCC(N2c3ccccc3CCc3ccccc32)C1O.O=S(=O)(NC1COCC(N2c3ccccc3CCc3ccccc32)C1O)c1ccccc1.[3HH].[3HH].[U].[U].[V]. The molecule has 5 aromatic rings. The van der Waals surface area contributed by atoms with Crippen LogP contribution in [-0.4, -0.2) is 96.1 Å². The van der Waals surface area contributed by atoms with Crippen LogP contribution in [0.2, 0.25) is 0 Å². The number of hydrogen-bond donors (Lipinski definition) is 4. The van der Waals surface area contributed by atoms with Crippen molar-refractivity contribution >= 4 is 42.8 Å². The first-order chi connectivity index (χ1) is 40.5. The Kier molecular flexibility index (Phi) is 73.7. The summed E-state index contributed by atoms with van der Waals surface area (Å²) in [6.07, 6.45) is 2.87. The van der Waals surface area contributed by atoms with Gasteiger partial charge in [-0.3, -0.25) is 0 Å². The average molecular weight is 1730 g/mol. The number of nitrogens with one attached hydrogen (secondary N) is 2. The van der Waals surface area contributed by atoms with Gasteiger partial charge in [-0.2, -0.15) is 0 Å². The van der Waals surface area contributed by atoms with Crippen molar-refractivity contribution in [1.29, 1.82) is 0 Å². The van der Waals surface area contributed by atoms with Crippen LogP contribution in [-0.2, 0) is 73.8 Å². The minimum absolute atomic E-state index is 0. The molecule has 86 heavy (non-hydrogen) atoms. The van der Waals surface area contributed by atoms with E-state index < -0.39 is 56.4 Å². The van der Waals surface area contributed by atoms with Crippen molar-refractivity contribution in [3.05, 3.63) is 150 Å². The van der Waals surface area contributed by atoms with Gasteiger partial charge in [0, 0.05) is 106 Å². The van der Waals surface area contributed by atoms with E-state index in [2.05, 4.69) is 67.8 Å². The molecule has 495 valence electrons. The minimum Gasteiger partial charge on any atom is -0.389 e. The van der Waals surface area contributed by atoms with E-state index in [4.69, 9.17) is 9.47 Å². The van der Waals surface area contributed by atoms with Gasteiger partial charge in [-0.1, -0.05) is 257 Å². The van der Waals surface area contributed by atoms with Crippen molar-refractivity contribution < 1.29 is 120 Å². The molecule has 9 rings (SSSR count). The Morgan fingerprint density at radius 1 is 0.384 bits per heavy atom. The molecule has 4 heterocycles.